The molecule has 2 aromatic rings. The zero-order chi connectivity index (χ0) is 18.0. The van der Waals surface area contributed by atoms with Crippen molar-refractivity contribution in [1.82, 2.24) is 9.29 Å². The smallest absolute Gasteiger partial charge is 0.257 e. The van der Waals surface area contributed by atoms with Crippen LogP contribution >= 0.6 is 11.3 Å². The van der Waals surface area contributed by atoms with Gasteiger partial charge in [-0.25, -0.2) is 13.4 Å². The van der Waals surface area contributed by atoms with Crippen LogP contribution in [0.2, 0.25) is 0 Å². The maximum atomic E-state index is 12.9. The number of aromatic nitrogens is 1. The van der Waals surface area contributed by atoms with E-state index in [4.69, 9.17) is 4.74 Å². The molecule has 0 bridgehead atoms. The number of hydrogen-bond acceptors (Lipinski definition) is 6. The average Bonchev–Trinajstić information content (AvgIpc) is 3.07. The Balaban J connectivity index is 1.83. The van der Waals surface area contributed by atoms with Gasteiger partial charge < -0.3 is 4.74 Å². The molecular formula is C16H19N3O4S2. The molecule has 0 spiro atoms. The van der Waals surface area contributed by atoms with Crippen molar-refractivity contribution in [3.05, 3.63) is 41.4 Å². The Hall–Kier alpha value is -1.81. The summed E-state index contributed by atoms with van der Waals surface area (Å²) in [6, 6.07) is 6.03. The molecule has 134 valence electrons. The molecule has 1 saturated heterocycles. The van der Waals surface area contributed by atoms with Crippen molar-refractivity contribution in [2.24, 2.45) is 0 Å². The lowest BCUT2D eigenvalue weighted by molar-refractivity contribution is -0.0440. The second-order valence-electron chi connectivity index (χ2n) is 5.90. The van der Waals surface area contributed by atoms with Gasteiger partial charge in [-0.15, -0.1) is 11.3 Å². The SMILES string of the molecule is C[C@@H]1CN(S(=O)(=O)c2cccc(C(=O)Nc3nccs3)c2)C[C@H](C)O1. The lowest BCUT2D eigenvalue weighted by atomic mass is 10.2. The van der Waals surface area contributed by atoms with E-state index in [2.05, 4.69) is 10.3 Å². The van der Waals surface area contributed by atoms with E-state index in [9.17, 15) is 13.2 Å². The highest BCUT2D eigenvalue weighted by Crippen LogP contribution is 2.22. The predicted molar refractivity (Wildman–Crippen MR) is 95.3 cm³/mol. The molecule has 1 N–H and O–H groups in total. The van der Waals surface area contributed by atoms with E-state index in [-0.39, 0.29) is 22.7 Å². The minimum atomic E-state index is -3.69. The van der Waals surface area contributed by atoms with E-state index >= 15 is 0 Å². The van der Waals surface area contributed by atoms with Crippen molar-refractivity contribution in [3.8, 4) is 0 Å². The van der Waals surface area contributed by atoms with E-state index in [0.717, 1.165) is 0 Å². The quantitative estimate of drug-likeness (QED) is 0.877. The summed E-state index contributed by atoms with van der Waals surface area (Å²) in [5, 5.41) is 4.86. The molecule has 0 radical (unpaired) electrons. The number of amides is 1. The summed E-state index contributed by atoms with van der Waals surface area (Å²) in [6.07, 6.45) is 1.24. The van der Waals surface area contributed by atoms with Crippen molar-refractivity contribution in [1.29, 1.82) is 0 Å². The number of carbonyl (C=O) groups excluding carboxylic acids is 1. The fourth-order valence-electron chi connectivity index (χ4n) is 2.73. The topological polar surface area (TPSA) is 88.6 Å². The van der Waals surface area contributed by atoms with Crippen LogP contribution in [0.15, 0.2) is 40.7 Å². The molecule has 1 aromatic heterocycles. The Kier molecular flexibility index (Phi) is 5.19. The van der Waals surface area contributed by atoms with Crippen LogP contribution in [0.25, 0.3) is 0 Å². The summed E-state index contributed by atoms with van der Waals surface area (Å²) in [4.78, 5) is 16.4. The number of rotatable bonds is 4. The van der Waals surface area contributed by atoms with Gasteiger partial charge in [0.25, 0.3) is 5.91 Å². The lowest BCUT2D eigenvalue weighted by Gasteiger charge is -2.34. The van der Waals surface area contributed by atoms with Crippen LogP contribution in [0.1, 0.15) is 24.2 Å². The Bertz CT molecular complexity index is 842. The van der Waals surface area contributed by atoms with Crippen molar-refractivity contribution >= 4 is 32.4 Å². The molecule has 1 aliphatic heterocycles. The third-order valence-electron chi connectivity index (χ3n) is 3.77. The fraction of sp³-hybridized carbons (Fsp3) is 0.375. The summed E-state index contributed by atoms with van der Waals surface area (Å²) < 4.78 is 32.8. The van der Waals surface area contributed by atoms with Crippen molar-refractivity contribution in [2.75, 3.05) is 18.4 Å². The first-order valence-corrected chi connectivity index (χ1v) is 10.1. The average molecular weight is 381 g/mol. The highest BCUT2D eigenvalue weighted by Gasteiger charge is 2.32. The Morgan fingerprint density at radius 2 is 2.04 bits per heavy atom. The Morgan fingerprint density at radius 1 is 1.32 bits per heavy atom. The molecule has 1 aromatic carbocycles. The monoisotopic (exact) mass is 381 g/mol. The first-order chi connectivity index (χ1) is 11.9. The van der Waals surface area contributed by atoms with Gasteiger partial charge in [-0.3, -0.25) is 10.1 Å². The van der Waals surface area contributed by atoms with Gasteiger partial charge in [0.1, 0.15) is 0 Å². The number of sulfonamides is 1. The van der Waals surface area contributed by atoms with Crippen LogP contribution in [0.3, 0.4) is 0 Å². The summed E-state index contributed by atoms with van der Waals surface area (Å²) in [6.45, 7) is 4.27. The third kappa shape index (κ3) is 4.06. The van der Waals surface area contributed by atoms with Crippen molar-refractivity contribution in [2.45, 2.75) is 31.0 Å². The van der Waals surface area contributed by atoms with Crippen LogP contribution in [0.4, 0.5) is 5.13 Å². The number of ether oxygens (including phenoxy) is 1. The maximum Gasteiger partial charge on any atom is 0.257 e. The van der Waals surface area contributed by atoms with Gasteiger partial charge in [0.2, 0.25) is 10.0 Å². The number of benzene rings is 1. The summed E-state index contributed by atoms with van der Waals surface area (Å²) in [7, 11) is -3.69. The van der Waals surface area contributed by atoms with Gasteiger partial charge in [0.05, 0.1) is 17.1 Å². The summed E-state index contributed by atoms with van der Waals surface area (Å²) in [5.74, 6) is -0.393. The van der Waals surface area contributed by atoms with Crippen LogP contribution in [0, 0.1) is 0 Å². The lowest BCUT2D eigenvalue weighted by Crippen LogP contribution is -2.48. The van der Waals surface area contributed by atoms with Crippen LogP contribution in [-0.2, 0) is 14.8 Å². The highest BCUT2D eigenvalue weighted by atomic mass is 32.2. The fourth-order valence-corrected chi connectivity index (χ4v) is 4.89. The molecular weight excluding hydrogens is 362 g/mol. The summed E-state index contributed by atoms with van der Waals surface area (Å²) >= 11 is 1.30. The van der Waals surface area contributed by atoms with Crippen LogP contribution < -0.4 is 5.32 Å². The van der Waals surface area contributed by atoms with Gasteiger partial charge in [0, 0.05) is 30.2 Å². The number of anilines is 1. The Morgan fingerprint density at radius 3 is 2.68 bits per heavy atom. The molecule has 1 aliphatic rings. The van der Waals surface area contributed by atoms with Crippen molar-refractivity contribution in [3.63, 3.8) is 0 Å². The van der Waals surface area contributed by atoms with Gasteiger partial charge >= 0.3 is 0 Å². The van der Waals surface area contributed by atoms with Gasteiger partial charge in [0.15, 0.2) is 5.13 Å². The van der Waals surface area contributed by atoms with E-state index in [1.54, 1.807) is 23.7 Å². The number of carbonyl (C=O) groups is 1. The predicted octanol–water partition coefficient (Wildman–Crippen LogP) is 2.19. The number of thiazole rings is 1. The molecule has 7 nitrogen and oxygen atoms in total. The van der Waals surface area contributed by atoms with E-state index < -0.39 is 15.9 Å². The zero-order valence-electron chi connectivity index (χ0n) is 13.9. The molecule has 25 heavy (non-hydrogen) atoms. The zero-order valence-corrected chi connectivity index (χ0v) is 15.5. The molecule has 1 amide bonds. The number of nitrogens with zero attached hydrogens (tertiary/aromatic N) is 2. The largest absolute Gasteiger partial charge is 0.373 e. The van der Waals surface area contributed by atoms with E-state index in [1.807, 2.05) is 13.8 Å². The molecule has 0 aliphatic carbocycles. The number of morpholine rings is 1. The highest BCUT2D eigenvalue weighted by molar-refractivity contribution is 7.89. The molecule has 0 unspecified atom stereocenters. The minimum Gasteiger partial charge on any atom is -0.373 e. The first-order valence-electron chi connectivity index (χ1n) is 7.83. The van der Waals surface area contributed by atoms with Crippen LogP contribution in [-0.4, -0.2) is 48.9 Å². The molecule has 3 rings (SSSR count). The first kappa shape index (κ1) is 18.0. The van der Waals surface area contributed by atoms with Gasteiger partial charge in [-0.1, -0.05) is 6.07 Å². The maximum absolute atomic E-state index is 12.9. The number of nitrogens with one attached hydrogen (secondary N) is 1. The van der Waals surface area contributed by atoms with Gasteiger partial charge in [-0.2, -0.15) is 4.31 Å². The summed E-state index contributed by atoms with van der Waals surface area (Å²) in [5.41, 5.74) is 0.269. The second kappa shape index (κ2) is 7.20. The van der Waals surface area contributed by atoms with Gasteiger partial charge in [-0.05, 0) is 32.0 Å². The van der Waals surface area contributed by atoms with Crippen LogP contribution in [0.5, 0.6) is 0 Å². The molecule has 2 atom stereocenters. The number of hydrogen-bond donors (Lipinski definition) is 1. The van der Waals surface area contributed by atoms with Crippen molar-refractivity contribution < 1.29 is 17.9 Å². The normalized spacial score (nSPS) is 21.8. The standard InChI is InChI=1S/C16H19N3O4S2/c1-11-9-19(10-12(2)23-11)25(21,22)14-5-3-4-13(8-14)15(20)18-16-17-6-7-24-16/h3-8,11-12H,9-10H2,1-2H3,(H,17,18,20)/t11-,12+. The van der Waals surface area contributed by atoms with E-state index in [0.29, 0.717) is 18.2 Å². The second-order valence-corrected chi connectivity index (χ2v) is 8.73. The van der Waals surface area contributed by atoms with E-state index in [1.165, 1.54) is 27.8 Å². The molecule has 9 heteroatoms. The molecule has 0 saturated carbocycles. The third-order valence-corrected chi connectivity index (χ3v) is 6.29. The minimum absolute atomic E-state index is 0.0978. The molecule has 2 heterocycles. The Labute approximate surface area is 150 Å². The molecule has 1 fully saturated rings.